The Bertz CT molecular complexity index is 1080. The first-order valence-electron chi connectivity index (χ1n) is 11.2. The number of ketones is 1. The summed E-state index contributed by atoms with van der Waals surface area (Å²) < 4.78 is 35.9. The van der Waals surface area contributed by atoms with Crippen LogP contribution in [0.15, 0.2) is 61.1 Å². The van der Waals surface area contributed by atoms with E-state index in [1.807, 2.05) is 37.3 Å². The molecule has 1 unspecified atom stereocenters. The Kier molecular flexibility index (Phi) is 7.61. The molecule has 7 nitrogen and oxygen atoms in total. The van der Waals surface area contributed by atoms with Crippen molar-refractivity contribution in [3.8, 4) is 11.6 Å². The molecular formula is C25H26F2N4O3. The number of alkyl halides is 2. The lowest BCUT2D eigenvalue weighted by molar-refractivity contribution is 0.0796. The SMILES string of the molecule is C[C@H](CC(=O)c1ccnnc1)c1ccc(OC2CCN(c3ccnc(OCC(F)F)c3)C2)cc1. The third kappa shape index (κ3) is 6.24. The molecule has 0 N–H and O–H groups in total. The summed E-state index contributed by atoms with van der Waals surface area (Å²) in [5.74, 6) is 1.05. The summed E-state index contributed by atoms with van der Waals surface area (Å²) in [6.45, 7) is 2.80. The number of rotatable bonds is 10. The predicted octanol–water partition coefficient (Wildman–Crippen LogP) is 4.55. The van der Waals surface area contributed by atoms with Gasteiger partial charge in [-0.15, -0.1) is 0 Å². The van der Waals surface area contributed by atoms with E-state index in [0.29, 0.717) is 18.5 Å². The lowest BCUT2D eigenvalue weighted by Crippen LogP contribution is -2.24. The van der Waals surface area contributed by atoms with Crippen molar-refractivity contribution >= 4 is 11.5 Å². The summed E-state index contributed by atoms with van der Waals surface area (Å²) in [6, 6.07) is 13.0. The third-order valence-corrected chi connectivity index (χ3v) is 5.74. The Morgan fingerprint density at radius 3 is 2.71 bits per heavy atom. The molecule has 1 aliphatic rings. The molecule has 34 heavy (non-hydrogen) atoms. The van der Waals surface area contributed by atoms with Crippen LogP contribution in [0.3, 0.4) is 0 Å². The minimum atomic E-state index is -2.54. The summed E-state index contributed by atoms with van der Waals surface area (Å²) >= 11 is 0. The molecule has 0 bridgehead atoms. The average Bonchev–Trinajstić information content (AvgIpc) is 3.32. The molecule has 4 rings (SSSR count). The van der Waals surface area contributed by atoms with Gasteiger partial charge in [0.2, 0.25) is 5.88 Å². The largest absolute Gasteiger partial charge is 0.489 e. The number of anilines is 1. The zero-order valence-corrected chi connectivity index (χ0v) is 18.8. The first-order chi connectivity index (χ1) is 16.5. The fourth-order valence-electron chi connectivity index (χ4n) is 3.92. The number of ether oxygens (including phenoxy) is 2. The van der Waals surface area contributed by atoms with Gasteiger partial charge < -0.3 is 14.4 Å². The highest BCUT2D eigenvalue weighted by Crippen LogP contribution is 2.27. The van der Waals surface area contributed by atoms with Crippen molar-refractivity contribution < 1.29 is 23.0 Å². The summed E-state index contributed by atoms with van der Waals surface area (Å²) in [4.78, 5) is 18.5. The second kappa shape index (κ2) is 11.0. The molecule has 0 aliphatic carbocycles. The van der Waals surface area contributed by atoms with Crippen LogP contribution < -0.4 is 14.4 Å². The van der Waals surface area contributed by atoms with E-state index in [1.165, 1.54) is 12.4 Å². The average molecular weight is 469 g/mol. The van der Waals surface area contributed by atoms with Crippen LogP contribution in [-0.2, 0) is 0 Å². The maximum absolute atomic E-state index is 12.4. The molecule has 1 saturated heterocycles. The molecule has 1 aromatic carbocycles. The van der Waals surface area contributed by atoms with Gasteiger partial charge in [-0.1, -0.05) is 19.1 Å². The van der Waals surface area contributed by atoms with Crippen molar-refractivity contribution in [2.45, 2.75) is 38.2 Å². The number of Topliss-reactive ketones (excluding diaryl/α,β-unsaturated/α-hetero) is 1. The Morgan fingerprint density at radius 1 is 1.15 bits per heavy atom. The van der Waals surface area contributed by atoms with Crippen LogP contribution >= 0.6 is 0 Å². The Labute approximate surface area is 196 Å². The van der Waals surface area contributed by atoms with E-state index in [4.69, 9.17) is 9.47 Å². The van der Waals surface area contributed by atoms with Gasteiger partial charge in [-0.05, 0) is 35.7 Å². The number of pyridine rings is 1. The van der Waals surface area contributed by atoms with Crippen LogP contribution in [-0.4, -0.2) is 53.2 Å². The van der Waals surface area contributed by atoms with Crippen molar-refractivity contribution in [1.29, 1.82) is 0 Å². The molecule has 3 heterocycles. The molecule has 2 aromatic heterocycles. The van der Waals surface area contributed by atoms with Crippen LogP contribution in [0.2, 0.25) is 0 Å². The van der Waals surface area contributed by atoms with Crippen LogP contribution in [0.25, 0.3) is 0 Å². The van der Waals surface area contributed by atoms with Crippen LogP contribution in [0.5, 0.6) is 11.6 Å². The third-order valence-electron chi connectivity index (χ3n) is 5.74. The Morgan fingerprint density at radius 2 is 1.97 bits per heavy atom. The second-order valence-electron chi connectivity index (χ2n) is 8.26. The molecule has 0 spiro atoms. The molecule has 1 aliphatic heterocycles. The molecule has 1 fully saturated rings. The highest BCUT2D eigenvalue weighted by Gasteiger charge is 2.25. The fraction of sp³-hybridized carbons (Fsp3) is 0.360. The van der Waals surface area contributed by atoms with Gasteiger partial charge in [-0.25, -0.2) is 13.8 Å². The molecule has 3 aromatic rings. The Balaban J connectivity index is 1.29. The first kappa shape index (κ1) is 23.5. The minimum absolute atomic E-state index is 0.00244. The van der Waals surface area contributed by atoms with Gasteiger partial charge in [0.25, 0.3) is 6.43 Å². The highest BCUT2D eigenvalue weighted by molar-refractivity contribution is 5.96. The van der Waals surface area contributed by atoms with E-state index in [0.717, 1.165) is 30.0 Å². The van der Waals surface area contributed by atoms with E-state index >= 15 is 0 Å². The normalized spacial score (nSPS) is 16.5. The van der Waals surface area contributed by atoms with Crippen molar-refractivity contribution in [3.63, 3.8) is 0 Å². The smallest absolute Gasteiger partial charge is 0.272 e. The van der Waals surface area contributed by atoms with Gasteiger partial charge in [0, 0.05) is 42.9 Å². The maximum Gasteiger partial charge on any atom is 0.272 e. The van der Waals surface area contributed by atoms with E-state index in [-0.39, 0.29) is 23.7 Å². The van der Waals surface area contributed by atoms with Crippen LogP contribution in [0.4, 0.5) is 14.5 Å². The van der Waals surface area contributed by atoms with Gasteiger partial charge in [-0.3, -0.25) is 4.79 Å². The minimum Gasteiger partial charge on any atom is -0.489 e. The summed E-state index contributed by atoms with van der Waals surface area (Å²) in [7, 11) is 0. The number of nitrogens with zero attached hydrogens (tertiary/aromatic N) is 4. The molecular weight excluding hydrogens is 442 g/mol. The summed E-state index contributed by atoms with van der Waals surface area (Å²) in [5.41, 5.74) is 2.49. The zero-order valence-electron chi connectivity index (χ0n) is 18.8. The molecule has 0 radical (unpaired) electrons. The van der Waals surface area contributed by atoms with Crippen molar-refractivity contribution in [2.24, 2.45) is 0 Å². The van der Waals surface area contributed by atoms with Crippen LogP contribution in [0.1, 0.15) is 41.6 Å². The maximum atomic E-state index is 12.4. The number of hydrogen-bond donors (Lipinski definition) is 0. The standard InChI is InChI=1S/C25H26F2N4O3/c1-17(12-23(32)19-6-10-29-30-14-19)18-2-4-21(5-3-18)34-22-8-11-31(15-22)20-7-9-28-25(13-20)33-16-24(26)27/h2-7,9-10,13-14,17,22,24H,8,11-12,15-16H2,1H3/t17-,22?/m1/s1. The monoisotopic (exact) mass is 468 g/mol. The number of halogens is 2. The van der Waals surface area contributed by atoms with Gasteiger partial charge in [0.15, 0.2) is 12.4 Å². The topological polar surface area (TPSA) is 77.4 Å². The Hall–Kier alpha value is -3.62. The van der Waals surface area contributed by atoms with E-state index in [2.05, 4.69) is 20.1 Å². The van der Waals surface area contributed by atoms with Gasteiger partial charge in [0.05, 0.1) is 18.9 Å². The highest BCUT2D eigenvalue weighted by atomic mass is 19.3. The van der Waals surface area contributed by atoms with E-state index in [9.17, 15) is 13.6 Å². The van der Waals surface area contributed by atoms with Gasteiger partial charge >= 0.3 is 0 Å². The number of hydrogen-bond acceptors (Lipinski definition) is 7. The molecule has 2 atom stereocenters. The van der Waals surface area contributed by atoms with E-state index < -0.39 is 13.0 Å². The predicted molar refractivity (Wildman–Crippen MR) is 123 cm³/mol. The molecule has 0 saturated carbocycles. The van der Waals surface area contributed by atoms with Crippen molar-refractivity contribution in [2.75, 3.05) is 24.6 Å². The van der Waals surface area contributed by atoms with Crippen LogP contribution in [0, 0.1) is 0 Å². The molecule has 178 valence electrons. The molecule has 9 heteroatoms. The number of carbonyl (C=O) groups excluding carboxylic acids is 1. The summed E-state index contributed by atoms with van der Waals surface area (Å²) in [6.07, 6.45) is 3.25. The second-order valence-corrected chi connectivity index (χ2v) is 8.26. The van der Waals surface area contributed by atoms with Gasteiger partial charge in [-0.2, -0.15) is 10.2 Å². The first-order valence-corrected chi connectivity index (χ1v) is 11.2. The zero-order chi connectivity index (χ0) is 23.9. The number of carbonyl (C=O) groups is 1. The van der Waals surface area contributed by atoms with Gasteiger partial charge in [0.1, 0.15) is 11.9 Å². The molecule has 0 amide bonds. The lowest BCUT2D eigenvalue weighted by atomic mass is 9.94. The number of benzene rings is 1. The lowest BCUT2D eigenvalue weighted by Gasteiger charge is -2.20. The number of aromatic nitrogens is 3. The van der Waals surface area contributed by atoms with E-state index in [1.54, 1.807) is 18.3 Å². The fourth-order valence-corrected chi connectivity index (χ4v) is 3.92. The quantitative estimate of drug-likeness (QED) is 0.404. The van der Waals surface area contributed by atoms with Crippen molar-refractivity contribution in [1.82, 2.24) is 15.2 Å². The van der Waals surface area contributed by atoms with Crippen molar-refractivity contribution in [3.05, 3.63) is 72.2 Å². The summed E-state index contributed by atoms with van der Waals surface area (Å²) in [5, 5.41) is 7.47.